The van der Waals surface area contributed by atoms with E-state index in [9.17, 15) is 8.42 Å². The van der Waals surface area contributed by atoms with Crippen LogP contribution in [0.25, 0.3) is 0 Å². The van der Waals surface area contributed by atoms with Gasteiger partial charge in [0.2, 0.25) is 10.0 Å². The van der Waals surface area contributed by atoms with E-state index >= 15 is 0 Å². The normalized spacial score (nSPS) is 19.0. The molecule has 0 N–H and O–H groups in total. The third-order valence-corrected chi connectivity index (χ3v) is 6.30. The molecular formula is C16H25NO4S. The molecule has 0 unspecified atom stereocenters. The second kappa shape index (κ2) is 7.44. The minimum absolute atomic E-state index is 0.0489. The molecule has 1 fully saturated rings. The molecule has 0 bridgehead atoms. The Bertz CT molecular complexity index is 580. The van der Waals surface area contributed by atoms with Crippen LogP contribution in [-0.2, 0) is 14.8 Å². The lowest BCUT2D eigenvalue weighted by molar-refractivity contribution is 0.134. The van der Waals surface area contributed by atoms with Crippen LogP contribution in [0.5, 0.6) is 5.75 Å². The molecule has 0 radical (unpaired) electrons. The van der Waals surface area contributed by atoms with Gasteiger partial charge in [-0.15, -0.1) is 0 Å². The summed E-state index contributed by atoms with van der Waals surface area (Å²) in [5.74, 6) is 1.29. The highest BCUT2D eigenvalue weighted by molar-refractivity contribution is 7.89. The third kappa shape index (κ3) is 4.21. The Morgan fingerprint density at radius 1 is 1.27 bits per heavy atom. The van der Waals surface area contributed by atoms with E-state index in [1.54, 1.807) is 18.3 Å². The van der Waals surface area contributed by atoms with E-state index in [4.69, 9.17) is 9.47 Å². The standard InChI is InChI=1S/C16H25NO4S/c1-13(20-2)12-22(18,19)17-9-7-14(8-10-17)15-5-4-6-16(11-15)21-3/h4-6,11,13-14H,7-10,12H2,1-3H3/t13-/m0/s1. The summed E-state index contributed by atoms with van der Waals surface area (Å²) in [7, 11) is -0.0346. The monoisotopic (exact) mass is 327 g/mol. The summed E-state index contributed by atoms with van der Waals surface area (Å²) in [6, 6.07) is 8.04. The zero-order valence-corrected chi connectivity index (χ0v) is 14.3. The number of nitrogens with zero attached hydrogens (tertiary/aromatic N) is 1. The largest absolute Gasteiger partial charge is 0.497 e. The minimum Gasteiger partial charge on any atom is -0.497 e. The number of sulfonamides is 1. The molecule has 1 aliphatic heterocycles. The maximum Gasteiger partial charge on any atom is 0.216 e. The summed E-state index contributed by atoms with van der Waals surface area (Å²) in [6.07, 6.45) is 1.41. The minimum atomic E-state index is -3.23. The molecule has 1 aliphatic rings. The second-order valence-electron chi connectivity index (χ2n) is 5.77. The summed E-state index contributed by atoms with van der Waals surface area (Å²) < 4.78 is 36.6. The number of ether oxygens (including phenoxy) is 2. The molecule has 0 aliphatic carbocycles. The maximum absolute atomic E-state index is 12.3. The first kappa shape index (κ1) is 17.2. The molecule has 1 saturated heterocycles. The van der Waals surface area contributed by atoms with Crippen LogP contribution in [-0.4, -0.2) is 51.9 Å². The molecule has 124 valence electrons. The smallest absolute Gasteiger partial charge is 0.216 e. The molecule has 22 heavy (non-hydrogen) atoms. The van der Waals surface area contributed by atoms with Gasteiger partial charge in [-0.25, -0.2) is 12.7 Å². The van der Waals surface area contributed by atoms with Gasteiger partial charge in [-0.3, -0.25) is 0 Å². The number of methoxy groups -OCH3 is 2. The van der Waals surface area contributed by atoms with Crippen molar-refractivity contribution < 1.29 is 17.9 Å². The Hall–Kier alpha value is -1.11. The van der Waals surface area contributed by atoms with Crippen LogP contribution < -0.4 is 4.74 Å². The van der Waals surface area contributed by atoms with E-state index < -0.39 is 10.0 Å². The average Bonchev–Trinajstić information content (AvgIpc) is 2.54. The molecule has 0 amide bonds. The van der Waals surface area contributed by atoms with E-state index in [-0.39, 0.29) is 11.9 Å². The first-order valence-corrected chi connectivity index (χ1v) is 9.21. The van der Waals surface area contributed by atoms with Crippen molar-refractivity contribution in [3.8, 4) is 5.75 Å². The van der Waals surface area contributed by atoms with Crippen molar-refractivity contribution in [3.63, 3.8) is 0 Å². The van der Waals surface area contributed by atoms with E-state index in [0.717, 1.165) is 18.6 Å². The summed E-state index contributed by atoms with van der Waals surface area (Å²) in [6.45, 7) is 2.92. The topological polar surface area (TPSA) is 55.8 Å². The number of hydrogen-bond acceptors (Lipinski definition) is 4. The molecule has 1 atom stereocenters. The molecule has 5 nitrogen and oxygen atoms in total. The van der Waals surface area contributed by atoms with Crippen molar-refractivity contribution in [1.82, 2.24) is 4.31 Å². The highest BCUT2D eigenvalue weighted by Crippen LogP contribution is 2.31. The van der Waals surface area contributed by atoms with Gasteiger partial charge in [0.25, 0.3) is 0 Å². The van der Waals surface area contributed by atoms with E-state index in [0.29, 0.717) is 19.0 Å². The highest BCUT2D eigenvalue weighted by atomic mass is 32.2. The van der Waals surface area contributed by atoms with Crippen molar-refractivity contribution in [2.45, 2.75) is 31.8 Å². The number of piperidine rings is 1. The fourth-order valence-electron chi connectivity index (χ4n) is 2.83. The molecular weight excluding hydrogens is 302 g/mol. The highest BCUT2D eigenvalue weighted by Gasteiger charge is 2.29. The Labute approximate surface area is 133 Å². The van der Waals surface area contributed by atoms with Crippen molar-refractivity contribution in [1.29, 1.82) is 0 Å². The van der Waals surface area contributed by atoms with Crippen LogP contribution in [0.15, 0.2) is 24.3 Å². The number of hydrogen-bond donors (Lipinski definition) is 0. The van der Waals surface area contributed by atoms with Gasteiger partial charge in [-0.05, 0) is 43.4 Å². The summed E-state index contributed by atoms with van der Waals surface area (Å²) in [5.41, 5.74) is 1.22. The van der Waals surface area contributed by atoms with Crippen molar-refractivity contribution in [2.75, 3.05) is 33.1 Å². The van der Waals surface area contributed by atoms with E-state index in [1.807, 2.05) is 18.2 Å². The SMILES string of the molecule is COc1cccc(C2CCN(S(=O)(=O)C[C@H](C)OC)CC2)c1. The summed E-state index contributed by atoms with van der Waals surface area (Å²) >= 11 is 0. The average molecular weight is 327 g/mol. The van der Waals surface area contributed by atoms with Crippen molar-refractivity contribution in [2.24, 2.45) is 0 Å². The fraction of sp³-hybridized carbons (Fsp3) is 0.625. The van der Waals surface area contributed by atoms with Crippen molar-refractivity contribution in [3.05, 3.63) is 29.8 Å². The van der Waals surface area contributed by atoms with Gasteiger partial charge in [-0.1, -0.05) is 12.1 Å². The Morgan fingerprint density at radius 3 is 2.55 bits per heavy atom. The van der Waals surface area contributed by atoms with Gasteiger partial charge in [0.15, 0.2) is 0 Å². The Balaban J connectivity index is 1.98. The molecule has 1 aromatic carbocycles. The number of benzene rings is 1. The van der Waals surface area contributed by atoms with Crippen molar-refractivity contribution >= 4 is 10.0 Å². The predicted molar refractivity (Wildman–Crippen MR) is 86.8 cm³/mol. The predicted octanol–water partition coefficient (Wildman–Crippen LogP) is 2.24. The first-order chi connectivity index (χ1) is 10.5. The molecule has 2 rings (SSSR count). The zero-order valence-electron chi connectivity index (χ0n) is 13.5. The maximum atomic E-state index is 12.3. The molecule has 0 aromatic heterocycles. The van der Waals surface area contributed by atoms with Gasteiger partial charge in [0, 0.05) is 20.2 Å². The quantitative estimate of drug-likeness (QED) is 0.804. The van der Waals surface area contributed by atoms with Crippen LogP contribution >= 0.6 is 0 Å². The molecule has 0 saturated carbocycles. The Morgan fingerprint density at radius 2 is 1.95 bits per heavy atom. The molecule has 1 aromatic rings. The van der Waals surface area contributed by atoms with Crippen LogP contribution in [0.3, 0.4) is 0 Å². The third-order valence-electron chi connectivity index (χ3n) is 4.26. The lowest BCUT2D eigenvalue weighted by Crippen LogP contribution is -2.41. The first-order valence-electron chi connectivity index (χ1n) is 7.61. The zero-order chi connectivity index (χ0) is 16.2. The summed E-state index contributed by atoms with van der Waals surface area (Å²) in [5, 5.41) is 0. The van der Waals surface area contributed by atoms with E-state index in [2.05, 4.69) is 6.07 Å². The van der Waals surface area contributed by atoms with Crippen LogP contribution in [0, 0.1) is 0 Å². The van der Waals surface area contributed by atoms with Gasteiger partial charge in [-0.2, -0.15) is 0 Å². The van der Waals surface area contributed by atoms with Gasteiger partial charge < -0.3 is 9.47 Å². The van der Waals surface area contributed by atoms with Crippen LogP contribution in [0.1, 0.15) is 31.2 Å². The van der Waals surface area contributed by atoms with E-state index in [1.165, 1.54) is 12.7 Å². The fourth-order valence-corrected chi connectivity index (χ4v) is 4.54. The molecule has 1 heterocycles. The van der Waals surface area contributed by atoms with Gasteiger partial charge in [0.05, 0.1) is 19.0 Å². The van der Waals surface area contributed by atoms with Gasteiger partial charge in [0.1, 0.15) is 5.75 Å². The van der Waals surface area contributed by atoms with Gasteiger partial charge >= 0.3 is 0 Å². The Kier molecular flexibility index (Phi) is 5.83. The lowest BCUT2D eigenvalue weighted by Gasteiger charge is -2.32. The van der Waals surface area contributed by atoms with Crippen LogP contribution in [0.2, 0.25) is 0 Å². The molecule has 6 heteroatoms. The second-order valence-corrected chi connectivity index (χ2v) is 7.79. The lowest BCUT2D eigenvalue weighted by atomic mass is 9.90. The number of rotatable bonds is 6. The summed E-state index contributed by atoms with van der Waals surface area (Å²) in [4.78, 5) is 0. The van der Waals surface area contributed by atoms with Crippen LogP contribution in [0.4, 0.5) is 0 Å². The molecule has 0 spiro atoms.